The van der Waals surface area contributed by atoms with Crippen LogP contribution in [0.1, 0.15) is 6.92 Å². The Balaban J connectivity index is 2.49. The van der Waals surface area contributed by atoms with Gasteiger partial charge in [-0.15, -0.1) is 0 Å². The molecule has 0 amide bonds. The molecule has 3 heteroatoms. The van der Waals surface area contributed by atoms with Crippen molar-refractivity contribution in [2.24, 2.45) is 0 Å². The van der Waals surface area contributed by atoms with E-state index in [0.717, 1.165) is 32.0 Å². The zero-order valence-corrected chi connectivity index (χ0v) is 6.84. The number of morpholine rings is 1. The van der Waals surface area contributed by atoms with Crippen LogP contribution >= 0.6 is 0 Å². The monoisotopic (exact) mass is 154 g/mol. The molecule has 0 saturated carbocycles. The van der Waals surface area contributed by atoms with E-state index in [4.69, 9.17) is 10.1 Å². The van der Waals surface area contributed by atoms with Crippen LogP contribution in [0.15, 0.2) is 11.8 Å². The zero-order chi connectivity index (χ0) is 8.10. The second kappa shape index (κ2) is 4.13. The molecule has 11 heavy (non-hydrogen) atoms. The molecule has 0 aromatic carbocycles. The van der Waals surface area contributed by atoms with Gasteiger partial charge >= 0.3 is 0 Å². The Labute approximate surface area is 67.2 Å². The van der Waals surface area contributed by atoms with Crippen LogP contribution in [-0.4, -0.2) is 37.4 Å². The van der Waals surface area contributed by atoms with E-state index in [1.165, 1.54) is 6.21 Å². The number of ether oxygens (including phenoxy) is 1. The number of hydrogen-bond donors (Lipinski definition) is 1. The van der Waals surface area contributed by atoms with Crippen LogP contribution in [0.25, 0.3) is 0 Å². The number of nitrogens with zero attached hydrogens (tertiary/aromatic N) is 1. The molecule has 1 aliphatic rings. The number of allylic oxidation sites excluding steroid dienone is 2. The maximum atomic E-state index is 7.12. The fourth-order valence-electron chi connectivity index (χ4n) is 1.18. The molecule has 1 aliphatic heterocycles. The highest BCUT2D eigenvalue weighted by atomic mass is 16.5. The first kappa shape index (κ1) is 8.27. The van der Waals surface area contributed by atoms with Gasteiger partial charge in [0, 0.05) is 19.3 Å². The minimum Gasteiger partial charge on any atom is -0.378 e. The average molecular weight is 154 g/mol. The maximum Gasteiger partial charge on any atom is 0.0642 e. The van der Waals surface area contributed by atoms with Crippen molar-refractivity contribution in [1.82, 2.24) is 4.90 Å². The molecule has 0 aromatic heterocycles. The fourth-order valence-corrected chi connectivity index (χ4v) is 1.18. The molecular weight excluding hydrogens is 140 g/mol. The van der Waals surface area contributed by atoms with Crippen LogP contribution in [0.3, 0.4) is 0 Å². The first-order valence-electron chi connectivity index (χ1n) is 3.88. The third kappa shape index (κ3) is 2.05. The van der Waals surface area contributed by atoms with E-state index in [0.29, 0.717) is 0 Å². The van der Waals surface area contributed by atoms with Gasteiger partial charge in [0.1, 0.15) is 0 Å². The van der Waals surface area contributed by atoms with E-state index in [2.05, 4.69) is 4.90 Å². The Morgan fingerprint density at radius 1 is 1.45 bits per heavy atom. The molecule has 0 aliphatic carbocycles. The molecule has 1 heterocycles. The highest BCUT2D eigenvalue weighted by Gasteiger charge is 2.10. The summed E-state index contributed by atoms with van der Waals surface area (Å²) in [6.45, 7) is 5.34. The minimum atomic E-state index is 0.783. The lowest BCUT2D eigenvalue weighted by Gasteiger charge is -2.28. The molecule has 0 bridgehead atoms. The predicted octanol–water partition coefficient (Wildman–Crippen LogP) is 0.872. The van der Waals surface area contributed by atoms with Crippen molar-refractivity contribution in [3.63, 3.8) is 0 Å². The summed E-state index contributed by atoms with van der Waals surface area (Å²) in [6.07, 6.45) is 3.35. The van der Waals surface area contributed by atoms with Gasteiger partial charge in [-0.25, -0.2) is 0 Å². The largest absolute Gasteiger partial charge is 0.378 e. The first-order valence-corrected chi connectivity index (χ1v) is 3.88. The van der Waals surface area contributed by atoms with Gasteiger partial charge in [0.15, 0.2) is 0 Å². The lowest BCUT2D eigenvalue weighted by Crippen LogP contribution is -2.35. The van der Waals surface area contributed by atoms with Crippen molar-refractivity contribution in [2.75, 3.05) is 26.3 Å². The SMILES string of the molecule is CC=C(C=N)N1CCOCC1. The van der Waals surface area contributed by atoms with Gasteiger partial charge in [0.05, 0.1) is 18.9 Å². The van der Waals surface area contributed by atoms with E-state index in [9.17, 15) is 0 Å². The molecule has 1 N–H and O–H groups in total. The zero-order valence-electron chi connectivity index (χ0n) is 6.84. The van der Waals surface area contributed by atoms with Crippen molar-refractivity contribution in [3.05, 3.63) is 11.8 Å². The molecule has 1 rings (SSSR count). The molecule has 0 atom stereocenters. The summed E-state index contributed by atoms with van der Waals surface area (Å²) >= 11 is 0. The average Bonchev–Trinajstić information content (AvgIpc) is 2.09. The van der Waals surface area contributed by atoms with Crippen molar-refractivity contribution in [2.45, 2.75) is 6.92 Å². The van der Waals surface area contributed by atoms with Gasteiger partial charge in [-0.2, -0.15) is 0 Å². The van der Waals surface area contributed by atoms with Crippen LogP contribution in [0.2, 0.25) is 0 Å². The summed E-state index contributed by atoms with van der Waals surface area (Å²) in [6, 6.07) is 0. The smallest absolute Gasteiger partial charge is 0.0642 e. The van der Waals surface area contributed by atoms with Gasteiger partial charge in [-0.05, 0) is 6.92 Å². The summed E-state index contributed by atoms with van der Waals surface area (Å²) in [4.78, 5) is 2.16. The van der Waals surface area contributed by atoms with Gasteiger partial charge in [-0.1, -0.05) is 6.08 Å². The van der Waals surface area contributed by atoms with Crippen molar-refractivity contribution < 1.29 is 4.74 Å². The van der Waals surface area contributed by atoms with Crippen molar-refractivity contribution >= 4 is 6.21 Å². The molecule has 0 radical (unpaired) electrons. The van der Waals surface area contributed by atoms with Gasteiger partial charge in [0.2, 0.25) is 0 Å². The Morgan fingerprint density at radius 2 is 2.09 bits per heavy atom. The predicted molar refractivity (Wildman–Crippen MR) is 44.9 cm³/mol. The normalized spacial score (nSPS) is 20.1. The maximum absolute atomic E-state index is 7.12. The van der Waals surface area contributed by atoms with Crippen molar-refractivity contribution in [1.29, 1.82) is 5.41 Å². The van der Waals surface area contributed by atoms with Crippen molar-refractivity contribution in [3.8, 4) is 0 Å². The summed E-state index contributed by atoms with van der Waals surface area (Å²) in [7, 11) is 0. The lowest BCUT2D eigenvalue weighted by atomic mass is 10.3. The van der Waals surface area contributed by atoms with E-state index in [1.54, 1.807) is 0 Å². The van der Waals surface area contributed by atoms with Gasteiger partial charge in [0.25, 0.3) is 0 Å². The van der Waals surface area contributed by atoms with Crippen LogP contribution < -0.4 is 0 Å². The molecule has 62 valence electrons. The Hall–Kier alpha value is -0.830. The number of hydrogen-bond acceptors (Lipinski definition) is 3. The third-order valence-corrected chi connectivity index (χ3v) is 1.82. The number of nitrogens with one attached hydrogen (secondary N) is 1. The van der Waals surface area contributed by atoms with E-state index >= 15 is 0 Å². The molecule has 0 unspecified atom stereocenters. The van der Waals surface area contributed by atoms with Crippen LogP contribution in [0, 0.1) is 5.41 Å². The molecule has 0 aromatic rings. The molecule has 1 saturated heterocycles. The highest BCUT2D eigenvalue weighted by molar-refractivity contribution is 5.74. The lowest BCUT2D eigenvalue weighted by molar-refractivity contribution is 0.0566. The Bertz CT molecular complexity index is 159. The summed E-state index contributed by atoms with van der Waals surface area (Å²) in [5.74, 6) is 0. The summed E-state index contributed by atoms with van der Waals surface area (Å²) in [5.41, 5.74) is 0.994. The summed E-state index contributed by atoms with van der Waals surface area (Å²) in [5, 5.41) is 7.12. The highest BCUT2D eigenvalue weighted by Crippen LogP contribution is 2.04. The molecular formula is C8H14N2O. The Kier molecular flexibility index (Phi) is 3.11. The first-order chi connectivity index (χ1) is 5.38. The number of rotatable bonds is 2. The molecule has 1 fully saturated rings. The Morgan fingerprint density at radius 3 is 2.55 bits per heavy atom. The van der Waals surface area contributed by atoms with E-state index in [1.807, 2.05) is 13.0 Å². The van der Waals surface area contributed by atoms with Gasteiger partial charge < -0.3 is 15.0 Å². The van der Waals surface area contributed by atoms with Crippen LogP contribution in [-0.2, 0) is 4.74 Å². The third-order valence-electron chi connectivity index (χ3n) is 1.82. The van der Waals surface area contributed by atoms with E-state index < -0.39 is 0 Å². The quantitative estimate of drug-likeness (QED) is 0.599. The minimum absolute atomic E-state index is 0.783. The van der Waals surface area contributed by atoms with Gasteiger partial charge in [-0.3, -0.25) is 0 Å². The van der Waals surface area contributed by atoms with E-state index in [-0.39, 0.29) is 0 Å². The second-order valence-electron chi connectivity index (χ2n) is 2.46. The second-order valence-corrected chi connectivity index (χ2v) is 2.46. The van der Waals surface area contributed by atoms with Crippen LogP contribution in [0.5, 0.6) is 0 Å². The topological polar surface area (TPSA) is 36.3 Å². The standard InChI is InChI=1S/C8H14N2O/c1-2-8(7-9)10-3-5-11-6-4-10/h2,7,9H,3-6H2,1H3. The molecule has 0 spiro atoms. The fraction of sp³-hybridized carbons (Fsp3) is 0.625. The summed E-state index contributed by atoms with van der Waals surface area (Å²) < 4.78 is 5.19. The van der Waals surface area contributed by atoms with Crippen LogP contribution in [0.4, 0.5) is 0 Å². The molecule has 3 nitrogen and oxygen atoms in total.